The van der Waals surface area contributed by atoms with Gasteiger partial charge in [0.1, 0.15) is 5.75 Å². The highest BCUT2D eigenvalue weighted by Crippen LogP contribution is 2.32. The number of hydrogen-bond acceptors (Lipinski definition) is 5. The van der Waals surface area contributed by atoms with Gasteiger partial charge in [0.25, 0.3) is 5.91 Å². The van der Waals surface area contributed by atoms with Crippen LogP contribution in [0.15, 0.2) is 72.8 Å². The second-order valence-corrected chi connectivity index (χ2v) is 8.90. The van der Waals surface area contributed by atoms with Crippen LogP contribution in [0.4, 0.5) is 5.13 Å². The van der Waals surface area contributed by atoms with Gasteiger partial charge in [-0.15, -0.1) is 0 Å². The summed E-state index contributed by atoms with van der Waals surface area (Å²) in [6.07, 6.45) is 0.861. The Kier molecular flexibility index (Phi) is 6.83. The van der Waals surface area contributed by atoms with Crippen molar-refractivity contribution in [2.45, 2.75) is 6.42 Å². The van der Waals surface area contributed by atoms with Crippen molar-refractivity contribution in [2.75, 3.05) is 39.2 Å². The van der Waals surface area contributed by atoms with Crippen molar-refractivity contribution in [3.63, 3.8) is 0 Å². The molecular formula is C26H27N3O2S. The minimum absolute atomic E-state index is 0.0330. The Labute approximate surface area is 192 Å². The van der Waals surface area contributed by atoms with E-state index in [0.717, 1.165) is 40.1 Å². The fourth-order valence-corrected chi connectivity index (χ4v) is 4.57. The van der Waals surface area contributed by atoms with E-state index < -0.39 is 0 Å². The number of benzene rings is 3. The van der Waals surface area contributed by atoms with Crippen molar-refractivity contribution in [3.05, 3.63) is 78.4 Å². The van der Waals surface area contributed by atoms with E-state index in [-0.39, 0.29) is 5.91 Å². The van der Waals surface area contributed by atoms with Gasteiger partial charge in [-0.05, 0) is 68.5 Å². The summed E-state index contributed by atoms with van der Waals surface area (Å²) in [5.41, 5.74) is 3.75. The number of ether oxygens (including phenoxy) is 1. The van der Waals surface area contributed by atoms with Gasteiger partial charge >= 0.3 is 0 Å². The van der Waals surface area contributed by atoms with Crippen molar-refractivity contribution < 1.29 is 9.53 Å². The Balaban J connectivity index is 1.63. The number of anilines is 1. The van der Waals surface area contributed by atoms with Crippen molar-refractivity contribution in [3.8, 4) is 16.9 Å². The molecule has 3 aromatic carbocycles. The smallest absolute Gasteiger partial charge is 0.260 e. The Morgan fingerprint density at radius 1 is 0.938 bits per heavy atom. The molecule has 0 saturated carbocycles. The molecule has 1 aromatic heterocycles. The lowest BCUT2D eigenvalue weighted by Crippen LogP contribution is -2.33. The van der Waals surface area contributed by atoms with Crippen molar-refractivity contribution in [1.82, 2.24) is 9.88 Å². The molecule has 0 unspecified atom stereocenters. The maximum absolute atomic E-state index is 13.5. The lowest BCUT2D eigenvalue weighted by Gasteiger charge is -2.21. The number of fused-ring (bicyclic) bond motifs is 1. The molecule has 0 N–H and O–H groups in total. The normalized spacial score (nSPS) is 11.1. The Hall–Kier alpha value is -3.22. The fraction of sp³-hybridized carbons (Fsp3) is 0.231. The van der Waals surface area contributed by atoms with Gasteiger partial charge in [-0.3, -0.25) is 9.69 Å². The topological polar surface area (TPSA) is 45.7 Å². The number of methoxy groups -OCH3 is 1. The molecule has 4 aromatic rings. The maximum Gasteiger partial charge on any atom is 0.260 e. The van der Waals surface area contributed by atoms with E-state index in [0.29, 0.717) is 17.2 Å². The molecule has 0 aliphatic carbocycles. The first-order valence-corrected chi connectivity index (χ1v) is 11.4. The van der Waals surface area contributed by atoms with Crippen molar-refractivity contribution in [1.29, 1.82) is 0 Å². The van der Waals surface area contributed by atoms with Crippen LogP contribution < -0.4 is 9.64 Å². The molecule has 0 bridgehead atoms. The van der Waals surface area contributed by atoms with Crippen LogP contribution in [0.25, 0.3) is 21.3 Å². The third-order valence-corrected chi connectivity index (χ3v) is 6.33. The third-order valence-electron chi connectivity index (χ3n) is 5.29. The average molecular weight is 446 g/mol. The number of amides is 1. The Morgan fingerprint density at radius 3 is 2.34 bits per heavy atom. The summed E-state index contributed by atoms with van der Waals surface area (Å²) in [6, 6.07) is 23.8. The molecule has 4 rings (SSSR count). The van der Waals surface area contributed by atoms with E-state index in [2.05, 4.69) is 17.0 Å². The Bertz CT molecular complexity index is 1190. The molecule has 0 radical (unpaired) electrons. The summed E-state index contributed by atoms with van der Waals surface area (Å²) in [5, 5.41) is 0.712. The highest BCUT2D eigenvalue weighted by Gasteiger charge is 2.21. The summed E-state index contributed by atoms with van der Waals surface area (Å²) in [6.45, 7) is 1.50. The summed E-state index contributed by atoms with van der Waals surface area (Å²) < 4.78 is 6.34. The molecule has 0 atom stereocenters. The molecule has 5 nitrogen and oxygen atoms in total. The van der Waals surface area contributed by atoms with Crippen LogP contribution in [0.3, 0.4) is 0 Å². The zero-order valence-electron chi connectivity index (χ0n) is 18.6. The van der Waals surface area contributed by atoms with Gasteiger partial charge < -0.3 is 9.64 Å². The predicted octanol–water partition coefficient (Wildman–Crippen LogP) is 5.57. The van der Waals surface area contributed by atoms with Crippen molar-refractivity contribution >= 4 is 32.6 Å². The van der Waals surface area contributed by atoms with E-state index in [1.165, 1.54) is 11.3 Å². The second-order valence-electron chi connectivity index (χ2n) is 7.89. The lowest BCUT2D eigenvalue weighted by molar-refractivity contribution is 0.0986. The number of carbonyl (C=O) groups excluding carboxylic acids is 1. The van der Waals surface area contributed by atoms with Gasteiger partial charge in [0.05, 0.1) is 17.3 Å². The van der Waals surface area contributed by atoms with E-state index in [1.54, 1.807) is 12.0 Å². The van der Waals surface area contributed by atoms with Crippen LogP contribution in [-0.2, 0) is 0 Å². The zero-order chi connectivity index (χ0) is 22.5. The maximum atomic E-state index is 13.5. The molecule has 0 fully saturated rings. The molecule has 0 saturated heterocycles. The lowest BCUT2D eigenvalue weighted by atomic mass is 10.0. The number of thiazole rings is 1. The molecule has 0 aliphatic heterocycles. The van der Waals surface area contributed by atoms with E-state index >= 15 is 0 Å². The summed E-state index contributed by atoms with van der Waals surface area (Å²) in [5.74, 6) is 0.754. The fourth-order valence-electron chi connectivity index (χ4n) is 3.56. The van der Waals surface area contributed by atoms with Crippen molar-refractivity contribution in [2.24, 2.45) is 0 Å². The SMILES string of the molecule is COc1ccc2nc(N(CCCN(C)C)C(=O)c3ccc(-c4ccccc4)cc3)sc2c1. The monoisotopic (exact) mass is 445 g/mol. The molecule has 1 heterocycles. The molecular weight excluding hydrogens is 418 g/mol. The van der Waals surface area contributed by atoms with E-state index in [9.17, 15) is 4.79 Å². The first-order chi connectivity index (χ1) is 15.5. The standard InChI is InChI=1S/C26H27N3O2S/c1-28(2)16-7-17-29(26-27-23-15-14-22(31-3)18-24(23)32-26)25(30)21-12-10-20(11-13-21)19-8-5-4-6-9-19/h4-6,8-15,18H,7,16-17H2,1-3H3. The molecule has 0 spiro atoms. The largest absolute Gasteiger partial charge is 0.497 e. The zero-order valence-corrected chi connectivity index (χ0v) is 19.4. The highest BCUT2D eigenvalue weighted by molar-refractivity contribution is 7.22. The Morgan fingerprint density at radius 2 is 1.66 bits per heavy atom. The minimum Gasteiger partial charge on any atom is -0.497 e. The minimum atomic E-state index is -0.0330. The number of carbonyl (C=O) groups is 1. The summed E-state index contributed by atoms with van der Waals surface area (Å²) in [4.78, 5) is 22.2. The molecule has 164 valence electrons. The highest BCUT2D eigenvalue weighted by atomic mass is 32.1. The van der Waals surface area contributed by atoms with Crippen LogP contribution in [0, 0.1) is 0 Å². The van der Waals surface area contributed by atoms with Crippen LogP contribution in [0.5, 0.6) is 5.75 Å². The second kappa shape index (κ2) is 9.94. The van der Waals surface area contributed by atoms with Crippen LogP contribution >= 0.6 is 11.3 Å². The van der Waals surface area contributed by atoms with Crippen LogP contribution in [0.2, 0.25) is 0 Å². The van der Waals surface area contributed by atoms with Gasteiger partial charge in [0.15, 0.2) is 5.13 Å². The van der Waals surface area contributed by atoms with Gasteiger partial charge in [0, 0.05) is 12.1 Å². The first kappa shape index (κ1) is 22.0. The quantitative estimate of drug-likeness (QED) is 0.356. The molecule has 0 aliphatic rings. The first-order valence-electron chi connectivity index (χ1n) is 10.6. The predicted molar refractivity (Wildman–Crippen MR) is 133 cm³/mol. The summed E-state index contributed by atoms with van der Waals surface area (Å²) in [7, 11) is 5.73. The third kappa shape index (κ3) is 4.98. The summed E-state index contributed by atoms with van der Waals surface area (Å²) >= 11 is 1.52. The van der Waals surface area contributed by atoms with E-state index in [4.69, 9.17) is 9.72 Å². The molecule has 6 heteroatoms. The number of rotatable bonds is 8. The number of nitrogens with zero attached hydrogens (tertiary/aromatic N) is 3. The number of aromatic nitrogens is 1. The van der Waals surface area contributed by atoms with Crippen LogP contribution in [-0.4, -0.2) is 50.1 Å². The number of hydrogen-bond donors (Lipinski definition) is 0. The average Bonchev–Trinajstić information content (AvgIpc) is 3.25. The van der Waals surface area contributed by atoms with Gasteiger partial charge in [-0.25, -0.2) is 4.98 Å². The van der Waals surface area contributed by atoms with Crippen LogP contribution in [0.1, 0.15) is 16.8 Å². The molecule has 32 heavy (non-hydrogen) atoms. The van der Waals surface area contributed by atoms with Gasteiger partial charge in [-0.2, -0.15) is 0 Å². The van der Waals surface area contributed by atoms with E-state index in [1.807, 2.05) is 74.8 Å². The molecule has 1 amide bonds. The van der Waals surface area contributed by atoms with Gasteiger partial charge in [-0.1, -0.05) is 53.8 Å². The van der Waals surface area contributed by atoms with Gasteiger partial charge in [0.2, 0.25) is 0 Å².